The van der Waals surface area contributed by atoms with Gasteiger partial charge in [0.1, 0.15) is 29.0 Å². The van der Waals surface area contributed by atoms with Crippen molar-refractivity contribution >= 4 is 17.7 Å². The van der Waals surface area contributed by atoms with Crippen LogP contribution in [0.4, 0.5) is 5.82 Å². The molecule has 6 heterocycles. The van der Waals surface area contributed by atoms with Crippen molar-refractivity contribution in [2.45, 2.75) is 82.3 Å². The number of aromatic hydroxyl groups is 1. The number of phenolic OH excluding ortho intramolecular Hbond substituents is 1. The van der Waals surface area contributed by atoms with Crippen molar-refractivity contribution in [2.24, 2.45) is 5.92 Å². The van der Waals surface area contributed by atoms with Crippen molar-refractivity contribution < 1.29 is 44.2 Å². The average Bonchev–Trinajstić information content (AvgIpc) is 3.83. The molecule has 366 valence electrons. The van der Waals surface area contributed by atoms with Gasteiger partial charge in [0.25, 0.3) is 0 Å². The summed E-state index contributed by atoms with van der Waals surface area (Å²) in [5, 5.41) is 47.0. The van der Waals surface area contributed by atoms with Gasteiger partial charge >= 0.3 is 0 Å². The summed E-state index contributed by atoms with van der Waals surface area (Å²) in [6, 6.07) is 32.9. The Hall–Kier alpha value is -7.01. The molecule has 6 unspecified atom stereocenters. The van der Waals surface area contributed by atoms with Gasteiger partial charge in [-0.1, -0.05) is 116 Å². The number of rotatable bonds is 11. The number of nitrogens with one attached hydrogen (secondary N) is 2. The number of H-pyrrole nitrogens is 1. The fourth-order valence-electron chi connectivity index (χ4n) is 10.5. The number of fused-ring (bicyclic) bond motifs is 11. The molecule has 5 aromatic carbocycles. The molecule has 6 N–H and O–H groups in total. The predicted octanol–water partition coefficient (Wildman–Crippen LogP) is 8.28. The lowest BCUT2D eigenvalue weighted by atomic mass is 9.84. The van der Waals surface area contributed by atoms with Crippen LogP contribution in [-0.2, 0) is 32.3 Å². The summed E-state index contributed by atoms with van der Waals surface area (Å²) in [5.74, 6) is 8.15. The van der Waals surface area contributed by atoms with Crippen LogP contribution in [0.25, 0.3) is 17.2 Å². The van der Waals surface area contributed by atoms with Crippen LogP contribution in [-0.4, -0.2) is 89.4 Å². The first kappa shape index (κ1) is 47.7. The third-order valence-corrected chi connectivity index (χ3v) is 14.3. The number of carbonyl (C=O) groups is 1. The number of benzene rings is 5. The standard InChI is InChI=1S/C59H61N3O9/c1-3-45-31-48-42-11-7-10-37(26-42)27-43-17-21-49-50(62(24-23-60-49)59(48)61-45)30-38-12-14-41(44(28-38)34-64)29-39(33-63)35-70-56-53(43)55-54(51(67)32-52(71-55)40-15-19-46(65)20-16-40)57(58(56)68-2)69-25-22-47(66)18-13-36-8-5-4-6-9-36/h4-16,18-20,26,28,31,39,43,47,49-50,52,60-61,63-66H,3,22-25,27,29-30,32-35H2,1-2H3. The van der Waals surface area contributed by atoms with Crippen LogP contribution in [0.15, 0.2) is 109 Å². The molecule has 1 saturated heterocycles. The number of phenols is 1. The number of aliphatic hydroxyl groups is 3. The van der Waals surface area contributed by atoms with Gasteiger partial charge < -0.3 is 54.6 Å². The molecule has 11 rings (SSSR count). The Morgan fingerprint density at radius 1 is 0.901 bits per heavy atom. The zero-order valence-corrected chi connectivity index (χ0v) is 40.2. The van der Waals surface area contributed by atoms with E-state index in [1.165, 1.54) is 7.11 Å². The molecule has 0 amide bonds. The van der Waals surface area contributed by atoms with Crippen LogP contribution in [0.1, 0.15) is 86.8 Å². The number of ether oxygens (including phenoxy) is 4. The monoisotopic (exact) mass is 955 g/mol. The van der Waals surface area contributed by atoms with Gasteiger partial charge in [0.05, 0.1) is 63.0 Å². The molecular weight excluding hydrogens is 895 g/mol. The normalized spacial score (nSPS) is 20.9. The first-order valence-corrected chi connectivity index (χ1v) is 24.8. The maximum absolute atomic E-state index is 15.0. The molecule has 6 atom stereocenters. The number of carbonyl (C=O) groups excluding carboxylic acids is 1. The van der Waals surface area contributed by atoms with Crippen LogP contribution >= 0.6 is 0 Å². The number of aromatic nitrogens is 1. The Morgan fingerprint density at radius 2 is 1.73 bits per heavy atom. The highest BCUT2D eigenvalue weighted by atomic mass is 16.5. The number of piperazine rings is 1. The van der Waals surface area contributed by atoms with Crippen molar-refractivity contribution in [3.63, 3.8) is 0 Å². The fourth-order valence-corrected chi connectivity index (χ4v) is 10.5. The number of Topliss-reactive ketones (excluding diaryl/α,β-unsaturated/α-hetero) is 1. The minimum absolute atomic E-state index is 0.0118. The fraction of sp³-hybridized carbons (Fsp3) is 0.339. The van der Waals surface area contributed by atoms with Gasteiger partial charge in [-0.15, -0.1) is 0 Å². The number of aliphatic hydroxyl groups excluding tert-OH is 3. The second-order valence-electron chi connectivity index (χ2n) is 19.0. The third-order valence-electron chi connectivity index (χ3n) is 14.3. The van der Waals surface area contributed by atoms with E-state index in [1.54, 1.807) is 30.3 Å². The lowest BCUT2D eigenvalue weighted by Gasteiger charge is -2.42. The number of aromatic amines is 1. The molecule has 1 fully saturated rings. The number of nitrogens with zero attached hydrogens (tertiary/aromatic N) is 1. The lowest BCUT2D eigenvalue weighted by molar-refractivity contribution is 0.0834. The number of anilines is 1. The molecule has 6 aromatic rings. The molecule has 71 heavy (non-hydrogen) atoms. The molecule has 12 nitrogen and oxygen atoms in total. The summed E-state index contributed by atoms with van der Waals surface area (Å²) in [6.07, 6.45) is 4.40. The maximum atomic E-state index is 15.0. The van der Waals surface area contributed by atoms with Gasteiger partial charge in [0.15, 0.2) is 17.3 Å². The summed E-state index contributed by atoms with van der Waals surface area (Å²) >= 11 is 0. The predicted molar refractivity (Wildman–Crippen MR) is 274 cm³/mol. The SMILES string of the molecule is CCc1cc2c([nH]1)N1CCNC3C#CC(Cc4cccc-2c4)c2c(c(OC)c(OCCC(O)C=Cc4ccccc4)c4c2OC(c2ccc(O)cc2)CC4=O)OCC(CO)Cc2ccc(cc2CO)CC31. The summed E-state index contributed by atoms with van der Waals surface area (Å²) in [6.45, 7) is 3.20. The van der Waals surface area contributed by atoms with E-state index in [1.807, 2.05) is 36.4 Å². The molecule has 1 aromatic heterocycles. The van der Waals surface area contributed by atoms with Crippen LogP contribution in [0, 0.1) is 17.8 Å². The Balaban J connectivity index is 1.19. The Bertz CT molecular complexity index is 2970. The highest BCUT2D eigenvalue weighted by molar-refractivity contribution is 6.05. The van der Waals surface area contributed by atoms with Crippen LogP contribution in [0.5, 0.6) is 28.7 Å². The van der Waals surface area contributed by atoms with Gasteiger partial charge in [-0.2, -0.15) is 0 Å². The lowest BCUT2D eigenvalue weighted by Crippen LogP contribution is -2.58. The molecule has 0 aliphatic carbocycles. The van der Waals surface area contributed by atoms with E-state index in [0.717, 1.165) is 63.4 Å². The van der Waals surface area contributed by atoms with Crippen molar-refractivity contribution in [3.05, 3.63) is 159 Å². The topological polar surface area (TPSA) is 166 Å². The number of aryl methyl sites for hydroxylation is 1. The van der Waals surface area contributed by atoms with Crippen molar-refractivity contribution in [3.8, 4) is 51.7 Å². The Morgan fingerprint density at radius 3 is 2.52 bits per heavy atom. The highest BCUT2D eigenvalue weighted by Crippen LogP contribution is 2.56. The molecular formula is C59H61N3O9. The number of ketones is 1. The first-order valence-electron chi connectivity index (χ1n) is 24.8. The van der Waals surface area contributed by atoms with E-state index >= 15 is 4.79 Å². The van der Waals surface area contributed by atoms with Gasteiger partial charge in [-0.05, 0) is 82.8 Å². The smallest absolute Gasteiger partial charge is 0.204 e. The van der Waals surface area contributed by atoms with E-state index < -0.39 is 24.0 Å². The second-order valence-corrected chi connectivity index (χ2v) is 19.0. The summed E-state index contributed by atoms with van der Waals surface area (Å²) in [7, 11) is 1.51. The molecule has 0 spiro atoms. The van der Waals surface area contributed by atoms with Crippen LogP contribution < -0.4 is 29.2 Å². The van der Waals surface area contributed by atoms with E-state index in [2.05, 4.69) is 82.5 Å². The van der Waals surface area contributed by atoms with E-state index in [9.17, 15) is 20.4 Å². The van der Waals surface area contributed by atoms with Crippen LogP contribution in [0.2, 0.25) is 0 Å². The van der Waals surface area contributed by atoms with Crippen molar-refractivity contribution in [1.29, 1.82) is 0 Å². The molecule has 0 radical (unpaired) electrons. The Kier molecular flexibility index (Phi) is 14.2. The molecule has 5 aliphatic heterocycles. The summed E-state index contributed by atoms with van der Waals surface area (Å²) in [5.41, 5.74) is 9.39. The number of methoxy groups -OCH3 is 1. The third kappa shape index (κ3) is 10.0. The Labute approximate surface area is 414 Å². The molecule has 8 bridgehead atoms. The van der Waals surface area contributed by atoms with E-state index in [-0.39, 0.29) is 91.4 Å². The second kappa shape index (κ2) is 21.1. The van der Waals surface area contributed by atoms with Gasteiger partial charge in [0.2, 0.25) is 5.75 Å². The highest BCUT2D eigenvalue weighted by Gasteiger charge is 2.41. The average molecular weight is 956 g/mol. The molecule has 0 saturated carbocycles. The minimum atomic E-state index is -0.862. The first-order chi connectivity index (χ1) is 34.7. The molecule has 12 heteroatoms. The zero-order valence-electron chi connectivity index (χ0n) is 40.2. The van der Waals surface area contributed by atoms with Crippen molar-refractivity contribution in [1.82, 2.24) is 10.3 Å². The van der Waals surface area contributed by atoms with Gasteiger partial charge in [-0.25, -0.2) is 0 Å². The molecule has 5 aliphatic rings. The van der Waals surface area contributed by atoms with Crippen molar-refractivity contribution in [2.75, 3.05) is 44.9 Å². The van der Waals surface area contributed by atoms with E-state index in [4.69, 9.17) is 18.9 Å². The zero-order chi connectivity index (χ0) is 49.0. The van der Waals surface area contributed by atoms with Crippen LogP contribution in [0.3, 0.4) is 0 Å². The quantitative estimate of drug-likeness (QED) is 0.0693. The summed E-state index contributed by atoms with van der Waals surface area (Å²) < 4.78 is 27.1. The number of hydrogen-bond donors (Lipinski definition) is 6. The summed E-state index contributed by atoms with van der Waals surface area (Å²) in [4.78, 5) is 21.3. The van der Waals surface area contributed by atoms with Gasteiger partial charge in [-0.3, -0.25) is 4.79 Å². The van der Waals surface area contributed by atoms with Gasteiger partial charge in [0, 0.05) is 43.3 Å². The minimum Gasteiger partial charge on any atom is -0.508 e. The maximum Gasteiger partial charge on any atom is 0.204 e. The van der Waals surface area contributed by atoms with E-state index in [0.29, 0.717) is 36.9 Å². The largest absolute Gasteiger partial charge is 0.508 e. The number of hydrogen-bond acceptors (Lipinski definition) is 11.